The van der Waals surface area contributed by atoms with Crippen molar-refractivity contribution in [1.82, 2.24) is 4.90 Å². The number of anilines is 2. The zero-order chi connectivity index (χ0) is 14.4. The Hall–Kier alpha value is -1.47. The fourth-order valence-electron chi connectivity index (χ4n) is 1.49. The highest BCUT2D eigenvalue weighted by atomic mass is 32.1. The van der Waals surface area contributed by atoms with Crippen LogP contribution in [0.5, 0.6) is 5.75 Å². The SMILES string of the molecule is CCOC(=O)c1sc(NCCN(C)C)c(OC)c1N. The van der Waals surface area contributed by atoms with Gasteiger partial charge in [0.1, 0.15) is 15.6 Å². The smallest absolute Gasteiger partial charge is 0.350 e. The summed E-state index contributed by atoms with van der Waals surface area (Å²) in [4.78, 5) is 14.2. The lowest BCUT2D eigenvalue weighted by molar-refractivity contribution is 0.0533. The summed E-state index contributed by atoms with van der Waals surface area (Å²) in [7, 11) is 5.52. The van der Waals surface area contributed by atoms with Gasteiger partial charge in [-0.25, -0.2) is 4.79 Å². The molecule has 1 aromatic heterocycles. The predicted molar refractivity (Wildman–Crippen MR) is 78.3 cm³/mol. The number of hydrogen-bond donors (Lipinski definition) is 2. The van der Waals surface area contributed by atoms with Gasteiger partial charge < -0.3 is 25.4 Å². The van der Waals surface area contributed by atoms with E-state index in [1.165, 1.54) is 18.4 Å². The first-order chi connectivity index (χ1) is 9.01. The molecule has 0 aliphatic rings. The molecular formula is C12H21N3O3S. The molecule has 1 heterocycles. The number of carbonyl (C=O) groups excluding carboxylic acids is 1. The molecule has 7 heteroatoms. The maximum absolute atomic E-state index is 11.7. The minimum absolute atomic E-state index is 0.321. The van der Waals surface area contributed by atoms with E-state index in [1.54, 1.807) is 6.92 Å². The standard InChI is InChI=1S/C12H21N3O3S/c1-5-18-12(16)10-8(13)9(17-4)11(19-10)14-6-7-15(2)3/h14H,5-7,13H2,1-4H3. The van der Waals surface area contributed by atoms with Crippen LogP contribution in [0.3, 0.4) is 0 Å². The summed E-state index contributed by atoms with van der Waals surface area (Å²) in [6.07, 6.45) is 0. The minimum Gasteiger partial charge on any atom is -0.492 e. The molecule has 6 nitrogen and oxygen atoms in total. The van der Waals surface area contributed by atoms with Gasteiger partial charge in [0.2, 0.25) is 0 Å². The highest BCUT2D eigenvalue weighted by Gasteiger charge is 2.22. The van der Waals surface area contributed by atoms with E-state index in [4.69, 9.17) is 15.2 Å². The van der Waals surface area contributed by atoms with E-state index in [9.17, 15) is 4.79 Å². The Kier molecular flexibility index (Phi) is 5.91. The molecule has 0 bridgehead atoms. The molecule has 1 rings (SSSR count). The van der Waals surface area contributed by atoms with Crippen molar-refractivity contribution in [2.24, 2.45) is 0 Å². The van der Waals surface area contributed by atoms with Crippen LogP contribution in [0.15, 0.2) is 0 Å². The van der Waals surface area contributed by atoms with Gasteiger partial charge in [-0.15, -0.1) is 11.3 Å². The summed E-state index contributed by atoms with van der Waals surface area (Å²) < 4.78 is 10.2. The Labute approximate surface area is 117 Å². The lowest BCUT2D eigenvalue weighted by Gasteiger charge is -2.11. The lowest BCUT2D eigenvalue weighted by atomic mass is 10.3. The van der Waals surface area contributed by atoms with Gasteiger partial charge in [0.15, 0.2) is 5.75 Å². The van der Waals surface area contributed by atoms with Gasteiger partial charge in [0.25, 0.3) is 0 Å². The zero-order valence-electron chi connectivity index (χ0n) is 11.8. The van der Waals surface area contributed by atoms with Crippen molar-refractivity contribution in [3.8, 4) is 5.75 Å². The van der Waals surface area contributed by atoms with Crippen molar-refractivity contribution in [3.05, 3.63) is 4.88 Å². The molecule has 1 aromatic rings. The Morgan fingerprint density at radius 3 is 2.68 bits per heavy atom. The number of carbonyl (C=O) groups is 1. The van der Waals surface area contributed by atoms with Crippen molar-refractivity contribution >= 4 is 28.0 Å². The molecule has 0 fully saturated rings. The third kappa shape index (κ3) is 4.00. The molecule has 0 aliphatic heterocycles. The number of nitrogens with one attached hydrogen (secondary N) is 1. The molecule has 0 spiro atoms. The van der Waals surface area contributed by atoms with Crippen molar-refractivity contribution in [3.63, 3.8) is 0 Å². The molecular weight excluding hydrogens is 266 g/mol. The Morgan fingerprint density at radius 1 is 1.47 bits per heavy atom. The van der Waals surface area contributed by atoms with Crippen LogP contribution in [0.1, 0.15) is 16.6 Å². The minimum atomic E-state index is -0.413. The molecule has 0 amide bonds. The van der Waals surface area contributed by atoms with E-state index in [2.05, 4.69) is 10.2 Å². The summed E-state index contributed by atoms with van der Waals surface area (Å²) >= 11 is 1.26. The van der Waals surface area contributed by atoms with Crippen LogP contribution < -0.4 is 15.8 Å². The number of esters is 1. The third-order valence-corrected chi connectivity index (χ3v) is 3.53. The van der Waals surface area contributed by atoms with Gasteiger partial charge in [-0.2, -0.15) is 0 Å². The third-order valence-electron chi connectivity index (χ3n) is 2.41. The van der Waals surface area contributed by atoms with Crippen LogP contribution in [0.4, 0.5) is 10.7 Å². The Morgan fingerprint density at radius 2 is 2.16 bits per heavy atom. The van der Waals surface area contributed by atoms with Gasteiger partial charge >= 0.3 is 5.97 Å². The normalized spacial score (nSPS) is 10.6. The quantitative estimate of drug-likeness (QED) is 0.740. The van der Waals surface area contributed by atoms with E-state index >= 15 is 0 Å². The molecule has 0 saturated carbocycles. The zero-order valence-corrected chi connectivity index (χ0v) is 12.6. The highest BCUT2D eigenvalue weighted by Crippen LogP contribution is 2.42. The summed E-state index contributed by atoms with van der Waals surface area (Å²) in [6.45, 7) is 3.69. The van der Waals surface area contributed by atoms with E-state index in [0.717, 1.165) is 18.1 Å². The van der Waals surface area contributed by atoms with Crippen LogP contribution in [0, 0.1) is 0 Å². The first kappa shape index (κ1) is 15.6. The number of rotatable bonds is 7. The molecule has 0 aromatic carbocycles. The maximum Gasteiger partial charge on any atom is 0.350 e. The molecule has 0 unspecified atom stereocenters. The number of methoxy groups -OCH3 is 1. The number of ether oxygens (including phenoxy) is 2. The molecule has 108 valence electrons. The monoisotopic (exact) mass is 287 g/mol. The highest BCUT2D eigenvalue weighted by molar-refractivity contribution is 7.19. The molecule has 0 aliphatic carbocycles. The average Bonchev–Trinajstić information content (AvgIpc) is 2.65. The van der Waals surface area contributed by atoms with Crippen LogP contribution in [-0.4, -0.2) is 51.8 Å². The Bertz CT molecular complexity index is 432. The van der Waals surface area contributed by atoms with Crippen LogP contribution in [0.25, 0.3) is 0 Å². The number of thiophene rings is 1. The average molecular weight is 287 g/mol. The predicted octanol–water partition coefficient (Wildman–Crippen LogP) is 1.49. The van der Waals surface area contributed by atoms with E-state index < -0.39 is 5.97 Å². The second-order valence-electron chi connectivity index (χ2n) is 4.16. The van der Waals surface area contributed by atoms with E-state index in [1.807, 2.05) is 14.1 Å². The lowest BCUT2D eigenvalue weighted by Crippen LogP contribution is -2.20. The van der Waals surface area contributed by atoms with Crippen molar-refractivity contribution in [2.75, 3.05) is 52.0 Å². The number of hydrogen-bond acceptors (Lipinski definition) is 7. The van der Waals surface area contributed by atoms with E-state index in [-0.39, 0.29) is 0 Å². The number of nitrogens with zero attached hydrogens (tertiary/aromatic N) is 1. The van der Waals surface area contributed by atoms with Gasteiger partial charge in [-0.1, -0.05) is 0 Å². The second kappa shape index (κ2) is 7.20. The Balaban J connectivity index is 2.86. The first-order valence-electron chi connectivity index (χ1n) is 6.03. The van der Waals surface area contributed by atoms with Gasteiger partial charge in [-0.3, -0.25) is 0 Å². The second-order valence-corrected chi connectivity index (χ2v) is 5.18. The summed E-state index contributed by atoms with van der Waals surface area (Å²) in [6, 6.07) is 0. The van der Waals surface area contributed by atoms with E-state index in [0.29, 0.717) is 22.9 Å². The van der Waals surface area contributed by atoms with Crippen LogP contribution in [-0.2, 0) is 4.74 Å². The fraction of sp³-hybridized carbons (Fsp3) is 0.583. The summed E-state index contributed by atoms with van der Waals surface area (Å²) in [5, 5.41) is 3.97. The molecule has 3 N–H and O–H groups in total. The molecule has 0 saturated heterocycles. The number of nitrogens with two attached hydrogens (primary N) is 1. The van der Waals surface area contributed by atoms with Gasteiger partial charge in [0.05, 0.1) is 13.7 Å². The largest absolute Gasteiger partial charge is 0.492 e. The van der Waals surface area contributed by atoms with Crippen molar-refractivity contribution < 1.29 is 14.3 Å². The number of likely N-dealkylation sites (N-methyl/N-ethyl adjacent to an activating group) is 1. The summed E-state index contributed by atoms with van der Waals surface area (Å²) in [5.41, 5.74) is 6.24. The molecule has 19 heavy (non-hydrogen) atoms. The maximum atomic E-state index is 11.7. The van der Waals surface area contributed by atoms with Crippen molar-refractivity contribution in [1.29, 1.82) is 0 Å². The first-order valence-corrected chi connectivity index (χ1v) is 6.84. The fourth-order valence-corrected chi connectivity index (χ4v) is 2.50. The van der Waals surface area contributed by atoms with Gasteiger partial charge in [-0.05, 0) is 21.0 Å². The van der Waals surface area contributed by atoms with Crippen LogP contribution in [0.2, 0.25) is 0 Å². The van der Waals surface area contributed by atoms with Crippen LogP contribution >= 0.6 is 11.3 Å². The van der Waals surface area contributed by atoms with Crippen molar-refractivity contribution in [2.45, 2.75) is 6.92 Å². The molecule has 0 radical (unpaired) electrons. The topological polar surface area (TPSA) is 76.8 Å². The van der Waals surface area contributed by atoms with Gasteiger partial charge in [0, 0.05) is 13.1 Å². The summed E-state index contributed by atoms with van der Waals surface area (Å²) in [5.74, 6) is 0.0933. The molecule has 0 atom stereocenters. The number of nitrogen functional groups attached to an aromatic ring is 1.